The molecule has 5 nitrogen and oxygen atoms in total. The third-order valence-corrected chi connectivity index (χ3v) is 3.90. The Balaban J connectivity index is 2.29. The monoisotopic (exact) mass is 266 g/mol. The van der Waals surface area contributed by atoms with Gasteiger partial charge in [0.1, 0.15) is 5.38 Å². The van der Waals surface area contributed by atoms with Gasteiger partial charge in [-0.25, -0.2) is 4.79 Å². The Labute approximate surface area is 102 Å². The largest absolute Gasteiger partial charge is 0.335 e. The molecule has 2 N–H and O–H groups in total. The Bertz CT molecular complexity index is 299. The summed E-state index contributed by atoms with van der Waals surface area (Å²) in [5.41, 5.74) is 0. The fraction of sp³-hybridized carbons (Fsp3) is 0.778. The molecule has 1 unspecified atom stereocenters. The Morgan fingerprint density at radius 2 is 1.94 bits per heavy atom. The number of amides is 3. The summed E-state index contributed by atoms with van der Waals surface area (Å²) in [6.07, 6.45) is 1.37. The van der Waals surface area contributed by atoms with Crippen molar-refractivity contribution in [3.05, 3.63) is 0 Å². The van der Waals surface area contributed by atoms with Crippen molar-refractivity contribution in [2.75, 3.05) is 11.5 Å². The first-order valence-electron chi connectivity index (χ1n) is 5.09. The van der Waals surface area contributed by atoms with Crippen molar-refractivity contribution >= 4 is 34.3 Å². The molecule has 16 heavy (non-hydrogen) atoms. The van der Waals surface area contributed by atoms with Crippen LogP contribution in [0, 0.1) is 0 Å². The van der Waals surface area contributed by atoms with Crippen LogP contribution in [0.1, 0.15) is 19.8 Å². The second-order valence-corrected chi connectivity index (χ2v) is 6.05. The number of hydrogen-bond donors (Lipinski definition) is 2. The van der Waals surface area contributed by atoms with E-state index in [2.05, 4.69) is 10.6 Å². The van der Waals surface area contributed by atoms with E-state index in [0.29, 0.717) is 24.3 Å². The van der Waals surface area contributed by atoms with Crippen LogP contribution in [0.5, 0.6) is 0 Å². The number of alkyl halides is 1. The molecule has 0 aromatic carbocycles. The molecule has 7 heteroatoms. The normalized spacial score (nSPS) is 26.9. The van der Waals surface area contributed by atoms with Gasteiger partial charge in [0.2, 0.25) is 5.91 Å². The Hall–Kier alpha value is -0.620. The average molecular weight is 267 g/mol. The Morgan fingerprint density at radius 3 is 2.44 bits per heavy atom. The van der Waals surface area contributed by atoms with E-state index in [0.717, 1.165) is 0 Å². The van der Waals surface area contributed by atoms with Gasteiger partial charge in [-0.05, 0) is 19.8 Å². The maximum absolute atomic E-state index is 11.3. The maximum Gasteiger partial charge on any atom is 0.321 e. The van der Waals surface area contributed by atoms with Crippen LogP contribution in [0.15, 0.2) is 0 Å². The summed E-state index contributed by atoms with van der Waals surface area (Å²) in [6.45, 7) is 1.49. The summed E-state index contributed by atoms with van der Waals surface area (Å²) in [7, 11) is -0.754. The summed E-state index contributed by atoms with van der Waals surface area (Å²) in [6, 6.07) is -0.536. The molecule has 1 aliphatic heterocycles. The molecule has 0 bridgehead atoms. The maximum atomic E-state index is 11.3. The summed E-state index contributed by atoms with van der Waals surface area (Å²) >= 11 is 5.50. The highest BCUT2D eigenvalue weighted by molar-refractivity contribution is 7.85. The molecule has 1 atom stereocenters. The van der Waals surface area contributed by atoms with Crippen LogP contribution in [-0.4, -0.2) is 39.1 Å². The first-order valence-corrected chi connectivity index (χ1v) is 7.02. The molecule has 1 aliphatic rings. The van der Waals surface area contributed by atoms with E-state index in [1.54, 1.807) is 0 Å². The molecule has 3 amide bonds. The number of carbonyl (C=O) groups is 2. The molecule has 1 saturated heterocycles. The van der Waals surface area contributed by atoms with Crippen LogP contribution < -0.4 is 10.6 Å². The smallest absolute Gasteiger partial charge is 0.321 e. The summed E-state index contributed by atoms with van der Waals surface area (Å²) in [5.74, 6) is 0.689. The van der Waals surface area contributed by atoms with Gasteiger partial charge >= 0.3 is 6.03 Å². The lowest BCUT2D eigenvalue weighted by molar-refractivity contribution is -0.119. The molecular formula is C9H15ClN2O3S. The molecule has 0 aromatic rings. The average Bonchev–Trinajstić information content (AvgIpc) is 2.21. The summed E-state index contributed by atoms with van der Waals surface area (Å²) in [4.78, 5) is 22.4. The van der Waals surface area contributed by atoms with Crippen molar-refractivity contribution in [2.45, 2.75) is 31.2 Å². The number of nitrogens with one attached hydrogen (secondary N) is 2. The molecule has 1 heterocycles. The number of rotatable bonds is 2. The van der Waals surface area contributed by atoms with Crippen LogP contribution in [0.25, 0.3) is 0 Å². The third-order valence-electron chi connectivity index (χ3n) is 2.32. The molecule has 0 saturated carbocycles. The molecule has 0 spiro atoms. The number of hydrogen-bond acceptors (Lipinski definition) is 3. The highest BCUT2D eigenvalue weighted by atomic mass is 35.5. The van der Waals surface area contributed by atoms with E-state index in [9.17, 15) is 13.8 Å². The van der Waals surface area contributed by atoms with Gasteiger partial charge in [-0.1, -0.05) is 0 Å². The summed E-state index contributed by atoms with van der Waals surface area (Å²) in [5, 5.41) is 4.07. The first-order chi connectivity index (χ1) is 7.49. The second-order valence-electron chi connectivity index (χ2n) is 3.70. The zero-order valence-electron chi connectivity index (χ0n) is 8.99. The second kappa shape index (κ2) is 6.20. The van der Waals surface area contributed by atoms with Crippen molar-refractivity contribution in [1.29, 1.82) is 0 Å². The fourth-order valence-corrected chi connectivity index (χ4v) is 2.72. The van der Waals surface area contributed by atoms with Gasteiger partial charge < -0.3 is 5.32 Å². The zero-order valence-corrected chi connectivity index (χ0v) is 10.6. The standard InChI is InChI=1S/C9H15ClN2O3S/c1-6(10)8(13)12-9(14)11-7-2-4-16(15)5-3-7/h6-7H,2-5H2,1H3,(H2,11,12,13,14). The van der Waals surface area contributed by atoms with Crippen LogP contribution in [0.4, 0.5) is 4.79 Å². The molecule has 0 aliphatic carbocycles. The van der Waals surface area contributed by atoms with Gasteiger partial charge in [-0.2, -0.15) is 0 Å². The Morgan fingerprint density at radius 1 is 1.38 bits per heavy atom. The Kier molecular flexibility index (Phi) is 5.21. The highest BCUT2D eigenvalue weighted by Crippen LogP contribution is 2.08. The lowest BCUT2D eigenvalue weighted by Crippen LogP contribution is -2.48. The minimum atomic E-state index is -0.754. The number of imide groups is 1. The van der Waals surface area contributed by atoms with Crippen molar-refractivity contribution in [3.63, 3.8) is 0 Å². The molecular weight excluding hydrogens is 252 g/mol. The topological polar surface area (TPSA) is 75.3 Å². The summed E-state index contributed by atoms with van der Waals surface area (Å²) < 4.78 is 11.1. The predicted octanol–water partition coefficient (Wildman–Crippen LogP) is 0.351. The minimum absolute atomic E-state index is 0.00358. The SMILES string of the molecule is CC(Cl)C(=O)NC(=O)NC1CCS(=O)CC1. The highest BCUT2D eigenvalue weighted by Gasteiger charge is 2.20. The molecule has 1 fully saturated rings. The lowest BCUT2D eigenvalue weighted by Gasteiger charge is -2.22. The van der Waals surface area contributed by atoms with Gasteiger partial charge in [0.05, 0.1) is 0 Å². The fourth-order valence-electron chi connectivity index (χ4n) is 1.37. The minimum Gasteiger partial charge on any atom is -0.335 e. The van der Waals surface area contributed by atoms with Gasteiger partial charge in [0.15, 0.2) is 0 Å². The van der Waals surface area contributed by atoms with E-state index in [1.807, 2.05) is 0 Å². The van der Waals surface area contributed by atoms with Crippen LogP contribution >= 0.6 is 11.6 Å². The van der Waals surface area contributed by atoms with Gasteiger partial charge in [-0.3, -0.25) is 14.3 Å². The first kappa shape index (κ1) is 13.4. The predicted molar refractivity (Wildman–Crippen MR) is 62.9 cm³/mol. The molecule has 0 aromatic heterocycles. The van der Waals surface area contributed by atoms with E-state index >= 15 is 0 Å². The van der Waals surface area contributed by atoms with Crippen molar-refractivity contribution in [2.24, 2.45) is 0 Å². The molecule has 1 rings (SSSR count). The van der Waals surface area contributed by atoms with E-state index in [1.165, 1.54) is 6.92 Å². The molecule has 0 radical (unpaired) electrons. The van der Waals surface area contributed by atoms with E-state index in [-0.39, 0.29) is 6.04 Å². The van der Waals surface area contributed by atoms with Gasteiger partial charge in [-0.15, -0.1) is 11.6 Å². The van der Waals surface area contributed by atoms with E-state index < -0.39 is 28.1 Å². The van der Waals surface area contributed by atoms with E-state index in [4.69, 9.17) is 11.6 Å². The van der Waals surface area contributed by atoms with Crippen LogP contribution in [0.3, 0.4) is 0 Å². The zero-order chi connectivity index (χ0) is 12.1. The third kappa shape index (κ3) is 4.49. The van der Waals surface area contributed by atoms with Gasteiger partial charge in [0, 0.05) is 28.3 Å². The molecule has 92 valence electrons. The van der Waals surface area contributed by atoms with Crippen molar-refractivity contribution < 1.29 is 13.8 Å². The van der Waals surface area contributed by atoms with Crippen LogP contribution in [-0.2, 0) is 15.6 Å². The van der Waals surface area contributed by atoms with Crippen molar-refractivity contribution in [1.82, 2.24) is 10.6 Å². The van der Waals surface area contributed by atoms with Gasteiger partial charge in [0.25, 0.3) is 0 Å². The number of halogens is 1. The lowest BCUT2D eigenvalue weighted by atomic mass is 10.2. The number of carbonyl (C=O) groups excluding carboxylic acids is 2. The quantitative estimate of drug-likeness (QED) is 0.708. The number of urea groups is 1. The van der Waals surface area contributed by atoms with Crippen LogP contribution in [0.2, 0.25) is 0 Å². The van der Waals surface area contributed by atoms with Crippen molar-refractivity contribution in [3.8, 4) is 0 Å².